The molecule has 0 saturated carbocycles. The maximum atomic E-state index is 10.2. The molecule has 0 radical (unpaired) electrons. The summed E-state index contributed by atoms with van der Waals surface area (Å²) in [5.74, 6) is -1.04. The van der Waals surface area contributed by atoms with E-state index in [1.54, 1.807) is 5.38 Å². The summed E-state index contributed by atoms with van der Waals surface area (Å²) in [6.45, 7) is 0. The summed E-state index contributed by atoms with van der Waals surface area (Å²) in [7, 11) is 0. The van der Waals surface area contributed by atoms with Crippen LogP contribution in [0.3, 0.4) is 0 Å². The number of hydrogen-bond acceptors (Lipinski definition) is 4. The molecule has 1 aromatic heterocycles. The molecule has 1 heterocycles. The fraction of sp³-hybridized carbons (Fsp3) is 0.333. The number of aliphatic carboxylic acids is 1. The Kier molecular flexibility index (Phi) is 3.19. The largest absolute Gasteiger partial charge is 0.481 e. The fourth-order valence-electron chi connectivity index (χ4n) is 0.686. The number of rotatable bonds is 3. The summed E-state index contributed by atoms with van der Waals surface area (Å²) in [4.78, 5) is 14.1. The Morgan fingerprint density at radius 2 is 2.50 bits per heavy atom. The molecule has 0 aromatic carbocycles. The molecule has 0 aliphatic rings. The smallest absolute Gasteiger partial charge is 0.306 e. The minimum Gasteiger partial charge on any atom is -0.481 e. The van der Waals surface area contributed by atoms with Crippen LogP contribution in [-0.2, 0) is 4.79 Å². The zero-order valence-corrected chi connectivity index (χ0v) is 8.30. The van der Waals surface area contributed by atoms with Crippen LogP contribution in [0.4, 0.5) is 0 Å². The Balaban J connectivity index is 2.64. The van der Waals surface area contributed by atoms with Crippen LogP contribution < -0.4 is 0 Å². The molecule has 0 aliphatic carbocycles. The van der Waals surface area contributed by atoms with Gasteiger partial charge in [0.05, 0.1) is 12.1 Å². The topological polar surface area (TPSA) is 70.4 Å². The second kappa shape index (κ2) is 3.97. The number of hydrogen-bond donors (Lipinski definition) is 2. The molecule has 0 spiro atoms. The van der Waals surface area contributed by atoms with Crippen LogP contribution in [0, 0.1) is 0 Å². The van der Waals surface area contributed by atoms with E-state index in [1.165, 1.54) is 11.3 Å². The number of aliphatic hydroxyl groups excluding tert-OH is 1. The van der Waals surface area contributed by atoms with Crippen molar-refractivity contribution in [2.75, 3.05) is 0 Å². The molecule has 0 saturated heterocycles. The first-order chi connectivity index (χ1) is 5.59. The molecule has 2 N–H and O–H groups in total. The highest BCUT2D eigenvalue weighted by molar-refractivity contribution is 9.11. The van der Waals surface area contributed by atoms with Crippen molar-refractivity contribution in [3.8, 4) is 0 Å². The van der Waals surface area contributed by atoms with Gasteiger partial charge in [-0.3, -0.25) is 4.79 Å². The van der Waals surface area contributed by atoms with E-state index in [-0.39, 0.29) is 6.42 Å². The van der Waals surface area contributed by atoms with Crippen LogP contribution >= 0.6 is 27.3 Å². The predicted octanol–water partition coefficient (Wildman–Crippen LogP) is 1.41. The normalized spacial score (nSPS) is 12.8. The molecular weight excluding hydrogens is 246 g/mol. The van der Waals surface area contributed by atoms with Gasteiger partial charge in [-0.25, -0.2) is 4.98 Å². The van der Waals surface area contributed by atoms with E-state index in [0.29, 0.717) is 9.61 Å². The fourth-order valence-corrected chi connectivity index (χ4v) is 1.76. The minimum absolute atomic E-state index is 0.309. The van der Waals surface area contributed by atoms with E-state index >= 15 is 0 Å². The molecule has 0 fully saturated rings. The Morgan fingerprint density at radius 1 is 1.83 bits per heavy atom. The van der Waals surface area contributed by atoms with Crippen molar-refractivity contribution < 1.29 is 15.0 Å². The molecule has 4 nitrogen and oxygen atoms in total. The predicted molar refractivity (Wildman–Crippen MR) is 47.0 cm³/mol. The number of aromatic nitrogens is 1. The lowest BCUT2D eigenvalue weighted by Crippen LogP contribution is -2.05. The molecule has 0 amide bonds. The Hall–Kier alpha value is -0.460. The molecule has 1 aromatic rings. The van der Waals surface area contributed by atoms with E-state index in [4.69, 9.17) is 5.11 Å². The lowest BCUT2D eigenvalue weighted by molar-refractivity contribution is -0.139. The van der Waals surface area contributed by atoms with Crippen LogP contribution in [0.15, 0.2) is 9.30 Å². The summed E-state index contributed by atoms with van der Waals surface area (Å²) < 4.78 is 0.641. The van der Waals surface area contributed by atoms with Crippen molar-refractivity contribution >= 4 is 33.2 Å². The molecule has 6 heteroatoms. The number of carboxylic acid groups (broad SMARTS) is 1. The van der Waals surface area contributed by atoms with Crippen LogP contribution in [0.1, 0.15) is 18.2 Å². The molecule has 12 heavy (non-hydrogen) atoms. The average Bonchev–Trinajstić information content (AvgIpc) is 2.34. The maximum Gasteiger partial charge on any atom is 0.306 e. The van der Waals surface area contributed by atoms with Crippen molar-refractivity contribution in [1.29, 1.82) is 0 Å². The summed E-state index contributed by atoms with van der Waals surface area (Å²) in [6.07, 6.45) is -1.32. The Morgan fingerprint density at radius 3 is 2.92 bits per heavy atom. The van der Waals surface area contributed by atoms with Gasteiger partial charge in [-0.1, -0.05) is 0 Å². The molecule has 66 valence electrons. The highest BCUT2D eigenvalue weighted by Gasteiger charge is 2.14. The van der Waals surface area contributed by atoms with Gasteiger partial charge in [-0.15, -0.1) is 11.3 Å². The molecule has 1 atom stereocenters. The third kappa shape index (κ3) is 2.54. The van der Waals surface area contributed by atoms with Gasteiger partial charge in [0.2, 0.25) is 0 Å². The molecule has 0 bridgehead atoms. The first-order valence-corrected chi connectivity index (χ1v) is 4.77. The van der Waals surface area contributed by atoms with E-state index in [2.05, 4.69) is 20.9 Å². The van der Waals surface area contributed by atoms with Gasteiger partial charge in [0.25, 0.3) is 0 Å². The zero-order chi connectivity index (χ0) is 9.14. The molecule has 1 rings (SSSR count). The Labute approximate surface area is 81.0 Å². The van der Waals surface area contributed by atoms with Gasteiger partial charge in [-0.05, 0) is 15.9 Å². The van der Waals surface area contributed by atoms with Crippen molar-refractivity contribution in [2.24, 2.45) is 0 Å². The lowest BCUT2D eigenvalue weighted by Gasteiger charge is -2.01. The quantitative estimate of drug-likeness (QED) is 0.853. The first kappa shape index (κ1) is 9.63. The highest BCUT2D eigenvalue weighted by Crippen LogP contribution is 2.22. The maximum absolute atomic E-state index is 10.2. The van der Waals surface area contributed by atoms with Crippen molar-refractivity contribution in [3.05, 3.63) is 15.0 Å². The van der Waals surface area contributed by atoms with Gasteiger partial charge >= 0.3 is 5.97 Å². The van der Waals surface area contributed by atoms with Gasteiger partial charge in [0.15, 0.2) is 3.92 Å². The van der Waals surface area contributed by atoms with E-state index in [1.807, 2.05) is 0 Å². The second-order valence-electron chi connectivity index (χ2n) is 2.14. The number of carboxylic acids is 1. The van der Waals surface area contributed by atoms with E-state index < -0.39 is 12.1 Å². The standard InChI is InChI=1S/C6H6BrNO3S/c7-6-8-3(2-12-6)4(9)1-5(10)11/h2,4,9H,1H2,(H,10,11)/t4-/m0/s1. The summed E-state index contributed by atoms with van der Waals surface area (Å²) in [5.41, 5.74) is 0.397. The van der Waals surface area contributed by atoms with Crippen molar-refractivity contribution in [3.63, 3.8) is 0 Å². The van der Waals surface area contributed by atoms with E-state index in [9.17, 15) is 9.90 Å². The third-order valence-corrected chi connectivity index (χ3v) is 2.59. The number of aliphatic hydroxyl groups is 1. The summed E-state index contributed by atoms with van der Waals surface area (Å²) in [6, 6.07) is 0. The SMILES string of the molecule is O=C(O)C[C@H](O)c1csc(Br)n1. The summed E-state index contributed by atoms with van der Waals surface area (Å²) in [5, 5.41) is 19.2. The Bertz CT molecular complexity index is 288. The lowest BCUT2D eigenvalue weighted by atomic mass is 10.2. The van der Waals surface area contributed by atoms with Crippen molar-refractivity contribution in [2.45, 2.75) is 12.5 Å². The molecule has 0 unspecified atom stereocenters. The highest BCUT2D eigenvalue weighted by atomic mass is 79.9. The average molecular weight is 252 g/mol. The van der Waals surface area contributed by atoms with Crippen LogP contribution in [0.2, 0.25) is 0 Å². The first-order valence-electron chi connectivity index (χ1n) is 3.10. The number of halogens is 1. The monoisotopic (exact) mass is 251 g/mol. The van der Waals surface area contributed by atoms with Gasteiger partial charge in [-0.2, -0.15) is 0 Å². The third-order valence-electron chi connectivity index (χ3n) is 1.20. The van der Waals surface area contributed by atoms with E-state index in [0.717, 1.165) is 0 Å². The minimum atomic E-state index is -1.04. The number of thiazole rings is 1. The van der Waals surface area contributed by atoms with Crippen molar-refractivity contribution in [1.82, 2.24) is 4.98 Å². The molecular formula is C6H6BrNO3S. The summed E-state index contributed by atoms with van der Waals surface area (Å²) >= 11 is 4.43. The van der Waals surface area contributed by atoms with Gasteiger partial charge in [0, 0.05) is 5.38 Å². The molecule has 0 aliphatic heterocycles. The number of carbonyl (C=O) groups is 1. The van der Waals surface area contributed by atoms with Crippen LogP contribution in [0.5, 0.6) is 0 Å². The zero-order valence-electron chi connectivity index (χ0n) is 5.90. The number of nitrogens with zero attached hydrogens (tertiary/aromatic N) is 1. The van der Waals surface area contributed by atoms with Gasteiger partial charge in [0.1, 0.15) is 6.10 Å². The second-order valence-corrected chi connectivity index (χ2v) is 4.27. The van der Waals surface area contributed by atoms with Gasteiger partial charge < -0.3 is 10.2 Å². The van der Waals surface area contributed by atoms with Crippen LogP contribution in [0.25, 0.3) is 0 Å². The van der Waals surface area contributed by atoms with Crippen LogP contribution in [-0.4, -0.2) is 21.2 Å².